The Labute approximate surface area is 128 Å². The van der Waals surface area contributed by atoms with Crippen LogP contribution in [0.1, 0.15) is 23.7 Å². The van der Waals surface area contributed by atoms with Gasteiger partial charge in [0.05, 0.1) is 16.1 Å². The molecule has 0 spiro atoms. The maximum atomic E-state index is 4.97. The molecule has 3 rings (SSSR count). The number of nitrogens with one attached hydrogen (secondary N) is 1. The third-order valence-electron chi connectivity index (χ3n) is 3.98. The van der Waals surface area contributed by atoms with Crippen molar-refractivity contribution in [2.45, 2.75) is 26.3 Å². The largest absolute Gasteiger partial charge is 0.314 e. The molecule has 3 heterocycles. The van der Waals surface area contributed by atoms with Crippen molar-refractivity contribution in [3.8, 4) is 10.6 Å². The van der Waals surface area contributed by atoms with Crippen LogP contribution in [0.4, 0.5) is 0 Å². The lowest BCUT2D eigenvalue weighted by atomic mass is 10.0. The van der Waals surface area contributed by atoms with E-state index < -0.39 is 0 Å². The van der Waals surface area contributed by atoms with Crippen LogP contribution < -0.4 is 5.32 Å². The number of hydrogen-bond acceptors (Lipinski definition) is 5. The predicted octanol–water partition coefficient (Wildman–Crippen LogP) is 3.32. The number of hydrogen-bond donors (Lipinski definition) is 1. The van der Waals surface area contributed by atoms with E-state index in [2.05, 4.69) is 48.5 Å². The van der Waals surface area contributed by atoms with Crippen LogP contribution in [0.25, 0.3) is 10.6 Å². The number of rotatable bonds is 3. The first-order valence-electron chi connectivity index (χ1n) is 7.06. The number of aryl methyl sites for hydroxylation is 1. The molecule has 1 fully saturated rings. The van der Waals surface area contributed by atoms with Crippen LogP contribution in [0.3, 0.4) is 0 Å². The zero-order valence-electron chi connectivity index (χ0n) is 12.3. The molecule has 20 heavy (non-hydrogen) atoms. The van der Waals surface area contributed by atoms with E-state index in [1.807, 2.05) is 11.3 Å². The quantitative estimate of drug-likeness (QED) is 0.943. The van der Waals surface area contributed by atoms with Crippen molar-refractivity contribution in [3.63, 3.8) is 0 Å². The molecule has 1 aliphatic rings. The molecule has 0 amide bonds. The molecule has 108 valence electrons. The molecule has 0 aliphatic carbocycles. The molecular formula is C15H21N3S2. The molecular weight excluding hydrogens is 286 g/mol. The highest BCUT2D eigenvalue weighted by Gasteiger charge is 2.33. The summed E-state index contributed by atoms with van der Waals surface area (Å²) in [5, 5.41) is 6.78. The molecule has 2 aromatic rings. The minimum Gasteiger partial charge on any atom is -0.314 e. The van der Waals surface area contributed by atoms with Crippen molar-refractivity contribution >= 4 is 22.7 Å². The lowest BCUT2D eigenvalue weighted by molar-refractivity contribution is 0.102. The van der Waals surface area contributed by atoms with Crippen molar-refractivity contribution in [1.29, 1.82) is 0 Å². The summed E-state index contributed by atoms with van der Waals surface area (Å²) in [7, 11) is 0. The van der Waals surface area contributed by atoms with Crippen LogP contribution in [0.15, 0.2) is 17.5 Å². The van der Waals surface area contributed by atoms with Gasteiger partial charge in [0, 0.05) is 31.1 Å². The minimum absolute atomic E-state index is 0.0209. The maximum absolute atomic E-state index is 4.97. The number of piperazine rings is 1. The Balaban J connectivity index is 1.92. The Morgan fingerprint density at radius 2 is 2.05 bits per heavy atom. The van der Waals surface area contributed by atoms with E-state index in [-0.39, 0.29) is 5.54 Å². The van der Waals surface area contributed by atoms with Gasteiger partial charge in [-0.2, -0.15) is 0 Å². The van der Waals surface area contributed by atoms with E-state index >= 15 is 0 Å². The Hall–Kier alpha value is -0.750. The molecule has 1 N–H and O–H groups in total. The van der Waals surface area contributed by atoms with Gasteiger partial charge in [-0.3, -0.25) is 4.90 Å². The van der Waals surface area contributed by atoms with Gasteiger partial charge in [0.15, 0.2) is 0 Å². The molecule has 0 radical (unpaired) electrons. The topological polar surface area (TPSA) is 28.2 Å². The molecule has 5 heteroatoms. The van der Waals surface area contributed by atoms with Gasteiger partial charge >= 0.3 is 0 Å². The van der Waals surface area contributed by atoms with Crippen LogP contribution in [0.5, 0.6) is 0 Å². The second kappa shape index (κ2) is 5.56. The Morgan fingerprint density at radius 1 is 1.30 bits per heavy atom. The lowest BCUT2D eigenvalue weighted by Gasteiger charge is -2.39. The molecule has 0 saturated carbocycles. The third kappa shape index (κ3) is 2.55. The molecule has 0 atom stereocenters. The summed E-state index contributed by atoms with van der Waals surface area (Å²) in [6.45, 7) is 11.1. The highest BCUT2D eigenvalue weighted by molar-refractivity contribution is 7.15. The lowest BCUT2D eigenvalue weighted by Crippen LogP contribution is -2.51. The van der Waals surface area contributed by atoms with Crippen molar-refractivity contribution in [2.24, 2.45) is 0 Å². The van der Waals surface area contributed by atoms with E-state index in [1.54, 1.807) is 11.3 Å². The van der Waals surface area contributed by atoms with Crippen molar-refractivity contribution in [2.75, 3.05) is 26.2 Å². The Kier molecular flexibility index (Phi) is 3.95. The molecule has 0 unspecified atom stereocenters. The standard InChI is InChI=1S/C15H21N3S2/c1-11-13(12-5-4-10-19-12)17-14(20-11)15(2,3)18-8-6-16-7-9-18/h4-5,10,16H,6-9H2,1-3H3. The van der Waals surface area contributed by atoms with Crippen LogP contribution in [0.2, 0.25) is 0 Å². The van der Waals surface area contributed by atoms with Crippen LogP contribution in [-0.2, 0) is 5.54 Å². The summed E-state index contributed by atoms with van der Waals surface area (Å²) in [6.07, 6.45) is 0. The predicted molar refractivity (Wildman–Crippen MR) is 87.6 cm³/mol. The first-order chi connectivity index (χ1) is 9.59. The molecule has 2 aromatic heterocycles. The fourth-order valence-electron chi connectivity index (χ4n) is 2.66. The molecule has 1 saturated heterocycles. The van der Waals surface area contributed by atoms with Gasteiger partial charge in [0.2, 0.25) is 0 Å². The van der Waals surface area contributed by atoms with Gasteiger partial charge in [-0.1, -0.05) is 6.07 Å². The number of aromatic nitrogens is 1. The van der Waals surface area contributed by atoms with Crippen molar-refractivity contribution < 1.29 is 0 Å². The van der Waals surface area contributed by atoms with Gasteiger partial charge in [-0.25, -0.2) is 4.98 Å². The van der Waals surface area contributed by atoms with Gasteiger partial charge < -0.3 is 5.32 Å². The summed E-state index contributed by atoms with van der Waals surface area (Å²) in [5.41, 5.74) is 1.19. The summed E-state index contributed by atoms with van der Waals surface area (Å²) in [4.78, 5) is 10.1. The van der Waals surface area contributed by atoms with Gasteiger partial charge in [-0.15, -0.1) is 22.7 Å². The zero-order valence-corrected chi connectivity index (χ0v) is 13.9. The summed E-state index contributed by atoms with van der Waals surface area (Å²) in [6, 6.07) is 4.26. The van der Waals surface area contributed by atoms with Gasteiger partial charge in [-0.05, 0) is 32.2 Å². The molecule has 3 nitrogen and oxygen atoms in total. The first-order valence-corrected chi connectivity index (χ1v) is 8.76. The summed E-state index contributed by atoms with van der Waals surface area (Å²) in [5.74, 6) is 0. The van der Waals surface area contributed by atoms with Crippen LogP contribution in [-0.4, -0.2) is 36.1 Å². The number of thiazole rings is 1. The van der Waals surface area contributed by atoms with E-state index in [0.717, 1.165) is 26.2 Å². The molecule has 0 aromatic carbocycles. The normalized spacial score (nSPS) is 17.6. The highest BCUT2D eigenvalue weighted by Crippen LogP contribution is 2.37. The minimum atomic E-state index is 0.0209. The fraction of sp³-hybridized carbons (Fsp3) is 0.533. The highest BCUT2D eigenvalue weighted by atomic mass is 32.1. The average molecular weight is 307 g/mol. The second-order valence-corrected chi connectivity index (χ2v) is 7.85. The van der Waals surface area contributed by atoms with E-state index in [0.29, 0.717) is 0 Å². The maximum Gasteiger partial charge on any atom is 0.113 e. The van der Waals surface area contributed by atoms with E-state index in [4.69, 9.17) is 4.98 Å². The summed E-state index contributed by atoms with van der Waals surface area (Å²) < 4.78 is 0. The fourth-order valence-corrected chi connectivity index (χ4v) is 4.55. The number of nitrogens with zero attached hydrogens (tertiary/aromatic N) is 2. The Morgan fingerprint density at radius 3 is 2.70 bits per heavy atom. The summed E-state index contributed by atoms with van der Waals surface area (Å²) >= 11 is 3.62. The zero-order chi connectivity index (χ0) is 14.2. The Bertz CT molecular complexity index is 566. The second-order valence-electron chi connectivity index (χ2n) is 5.70. The number of thiophene rings is 1. The first kappa shape index (κ1) is 14.2. The SMILES string of the molecule is Cc1sc(C(C)(C)N2CCNCC2)nc1-c1cccs1. The van der Waals surface area contributed by atoms with Crippen LogP contribution in [0, 0.1) is 6.92 Å². The van der Waals surface area contributed by atoms with E-state index in [1.165, 1.54) is 20.5 Å². The van der Waals surface area contributed by atoms with Crippen LogP contribution >= 0.6 is 22.7 Å². The smallest absolute Gasteiger partial charge is 0.113 e. The molecule has 1 aliphatic heterocycles. The monoisotopic (exact) mass is 307 g/mol. The van der Waals surface area contributed by atoms with E-state index in [9.17, 15) is 0 Å². The average Bonchev–Trinajstić information content (AvgIpc) is 3.08. The third-order valence-corrected chi connectivity index (χ3v) is 6.14. The van der Waals surface area contributed by atoms with Gasteiger partial charge in [0.25, 0.3) is 0 Å². The molecule has 0 bridgehead atoms. The van der Waals surface area contributed by atoms with Crippen molar-refractivity contribution in [1.82, 2.24) is 15.2 Å². The van der Waals surface area contributed by atoms with Crippen molar-refractivity contribution in [3.05, 3.63) is 27.4 Å². The van der Waals surface area contributed by atoms with Gasteiger partial charge in [0.1, 0.15) is 5.01 Å².